The minimum absolute atomic E-state index is 0.782. The summed E-state index contributed by atoms with van der Waals surface area (Å²) < 4.78 is 0. The number of anilines is 1. The molecule has 1 aromatic rings. The van der Waals surface area contributed by atoms with Crippen LogP contribution < -0.4 is 10.2 Å². The Bertz CT molecular complexity index is 670. The van der Waals surface area contributed by atoms with Gasteiger partial charge in [0.25, 0.3) is 0 Å². The molecule has 0 aromatic carbocycles. The fourth-order valence-electron chi connectivity index (χ4n) is 2.57. The number of hydrogen-bond donors (Lipinski definition) is 1. The quantitative estimate of drug-likeness (QED) is 0.870. The molecule has 3 aliphatic rings. The van der Waals surface area contributed by atoms with E-state index in [1.54, 1.807) is 5.12 Å². The normalized spacial score (nSPS) is 20.2. The number of nitrogens with zero attached hydrogens (tertiary/aromatic N) is 6. The molecule has 112 valence electrons. The molecule has 0 radical (unpaired) electrons. The number of nitrogens with one attached hydrogen (secondary N) is 1. The second-order valence-corrected chi connectivity index (χ2v) is 5.19. The van der Waals surface area contributed by atoms with E-state index < -0.39 is 0 Å². The van der Waals surface area contributed by atoms with Crippen molar-refractivity contribution < 1.29 is 0 Å². The van der Waals surface area contributed by atoms with Crippen LogP contribution in [0.25, 0.3) is 5.57 Å². The van der Waals surface area contributed by atoms with Crippen LogP contribution in [0, 0.1) is 0 Å². The van der Waals surface area contributed by atoms with E-state index in [9.17, 15) is 0 Å². The van der Waals surface area contributed by atoms with Gasteiger partial charge in [-0.3, -0.25) is 0 Å². The molecule has 4 rings (SSSR count). The minimum atomic E-state index is 0.782. The predicted molar refractivity (Wildman–Crippen MR) is 85.5 cm³/mol. The largest absolute Gasteiger partial charge is 0.338 e. The zero-order chi connectivity index (χ0) is 14.8. The van der Waals surface area contributed by atoms with Crippen molar-refractivity contribution in [3.8, 4) is 0 Å². The van der Waals surface area contributed by atoms with Gasteiger partial charge in [-0.25, -0.2) is 15.0 Å². The monoisotopic (exact) mass is 295 g/mol. The highest BCUT2D eigenvalue weighted by molar-refractivity contribution is 6.09. The van der Waals surface area contributed by atoms with E-state index in [1.165, 1.54) is 0 Å². The molecule has 0 unspecified atom stereocenters. The summed E-state index contributed by atoms with van der Waals surface area (Å²) in [4.78, 5) is 11.3. The number of hydrazone groups is 1. The molecular formula is C15H17N7. The highest BCUT2D eigenvalue weighted by atomic mass is 15.8. The van der Waals surface area contributed by atoms with Gasteiger partial charge in [0.15, 0.2) is 0 Å². The van der Waals surface area contributed by atoms with Crippen molar-refractivity contribution in [2.75, 3.05) is 31.1 Å². The number of allylic oxidation sites excluding steroid dienone is 3. The third-order valence-corrected chi connectivity index (χ3v) is 3.73. The first-order valence-electron chi connectivity index (χ1n) is 7.37. The van der Waals surface area contributed by atoms with Crippen molar-refractivity contribution in [3.63, 3.8) is 0 Å². The zero-order valence-electron chi connectivity index (χ0n) is 12.1. The molecule has 0 aliphatic carbocycles. The van der Waals surface area contributed by atoms with Gasteiger partial charge >= 0.3 is 0 Å². The van der Waals surface area contributed by atoms with Gasteiger partial charge in [-0.1, -0.05) is 0 Å². The summed E-state index contributed by atoms with van der Waals surface area (Å²) in [7, 11) is 0. The first-order chi connectivity index (χ1) is 10.9. The average Bonchev–Trinajstić information content (AvgIpc) is 2.62. The Morgan fingerprint density at radius 3 is 2.86 bits per heavy atom. The molecule has 0 spiro atoms. The van der Waals surface area contributed by atoms with Gasteiger partial charge in [0.2, 0.25) is 5.95 Å². The third-order valence-electron chi connectivity index (χ3n) is 3.73. The molecule has 22 heavy (non-hydrogen) atoms. The highest BCUT2D eigenvalue weighted by Crippen LogP contribution is 2.20. The number of aromatic nitrogens is 2. The molecule has 0 saturated carbocycles. The molecule has 1 fully saturated rings. The number of hydrogen-bond acceptors (Lipinski definition) is 7. The zero-order valence-corrected chi connectivity index (χ0v) is 12.1. The van der Waals surface area contributed by atoms with E-state index in [4.69, 9.17) is 4.98 Å². The van der Waals surface area contributed by atoms with Gasteiger partial charge in [-0.2, -0.15) is 10.2 Å². The Balaban J connectivity index is 1.60. The second kappa shape index (κ2) is 5.61. The first kappa shape index (κ1) is 13.0. The summed E-state index contributed by atoms with van der Waals surface area (Å²) in [5, 5.41) is 11.4. The van der Waals surface area contributed by atoms with Crippen LogP contribution in [0.5, 0.6) is 0 Å². The summed E-state index contributed by atoms with van der Waals surface area (Å²) >= 11 is 0. The van der Waals surface area contributed by atoms with Crippen molar-refractivity contribution >= 4 is 17.7 Å². The average molecular weight is 295 g/mol. The van der Waals surface area contributed by atoms with Crippen molar-refractivity contribution in [2.24, 2.45) is 5.10 Å². The van der Waals surface area contributed by atoms with Crippen molar-refractivity contribution in [1.29, 1.82) is 0 Å². The van der Waals surface area contributed by atoms with Gasteiger partial charge in [-0.05, 0) is 18.2 Å². The minimum Gasteiger partial charge on any atom is -0.338 e. The molecule has 1 saturated heterocycles. The lowest BCUT2D eigenvalue weighted by atomic mass is 10.2. The van der Waals surface area contributed by atoms with Gasteiger partial charge < -0.3 is 10.2 Å². The van der Waals surface area contributed by atoms with Crippen LogP contribution in [0.1, 0.15) is 5.69 Å². The molecule has 0 atom stereocenters. The van der Waals surface area contributed by atoms with E-state index in [2.05, 4.69) is 20.3 Å². The van der Waals surface area contributed by atoms with Crippen molar-refractivity contribution in [1.82, 2.24) is 25.4 Å². The Hall–Kier alpha value is -2.67. The van der Waals surface area contributed by atoms with Crippen molar-refractivity contribution in [3.05, 3.63) is 48.7 Å². The maximum Gasteiger partial charge on any atom is 0.225 e. The number of fused-ring (bicyclic) bond motifs is 1. The summed E-state index contributed by atoms with van der Waals surface area (Å²) in [6.45, 7) is 3.81. The Morgan fingerprint density at radius 1 is 1.09 bits per heavy atom. The summed E-state index contributed by atoms with van der Waals surface area (Å²) in [6.07, 6.45) is 13.4. The number of hydrazine groups is 1. The van der Waals surface area contributed by atoms with Crippen LogP contribution in [-0.4, -0.2) is 52.5 Å². The van der Waals surface area contributed by atoms with Gasteiger partial charge in [0.1, 0.15) is 0 Å². The Kier molecular flexibility index (Phi) is 3.32. The fourth-order valence-corrected chi connectivity index (χ4v) is 2.57. The van der Waals surface area contributed by atoms with Crippen LogP contribution >= 0.6 is 0 Å². The molecule has 4 heterocycles. The van der Waals surface area contributed by atoms with Crippen molar-refractivity contribution in [2.45, 2.75) is 0 Å². The molecular weight excluding hydrogens is 278 g/mol. The van der Waals surface area contributed by atoms with Gasteiger partial charge in [0.05, 0.1) is 11.9 Å². The Morgan fingerprint density at radius 2 is 1.95 bits per heavy atom. The van der Waals surface area contributed by atoms with E-state index in [-0.39, 0.29) is 0 Å². The van der Waals surface area contributed by atoms with Crippen LogP contribution in [-0.2, 0) is 0 Å². The highest BCUT2D eigenvalue weighted by Gasteiger charge is 2.17. The SMILES string of the molecule is C1=CN2C=C(c3ccnc(N4CCNCC4)n3)C=NN2C=C1. The van der Waals surface area contributed by atoms with Gasteiger partial charge in [-0.15, -0.1) is 0 Å². The molecule has 7 heteroatoms. The van der Waals surface area contributed by atoms with Gasteiger partial charge in [0, 0.05) is 56.5 Å². The summed E-state index contributed by atoms with van der Waals surface area (Å²) in [5.41, 5.74) is 1.85. The maximum absolute atomic E-state index is 4.70. The predicted octanol–water partition coefficient (Wildman–Crippen LogP) is 0.786. The summed E-state index contributed by atoms with van der Waals surface area (Å²) in [6, 6.07) is 1.92. The lowest BCUT2D eigenvalue weighted by Crippen LogP contribution is -2.44. The van der Waals surface area contributed by atoms with E-state index in [1.807, 2.05) is 54.2 Å². The fraction of sp³-hybridized carbons (Fsp3) is 0.267. The third kappa shape index (κ3) is 2.46. The molecule has 7 nitrogen and oxygen atoms in total. The standard InChI is InChI=1S/C15H17N7/c1-2-8-22-18-11-13(12-21(22)7-1)14-3-4-17-15(19-14)20-9-5-16-6-10-20/h1-4,7-8,11-12,16H,5-6,9-10H2. The molecule has 1 N–H and O–H groups in total. The van der Waals surface area contributed by atoms with E-state index in [0.717, 1.165) is 43.4 Å². The maximum atomic E-state index is 4.70. The molecule has 0 amide bonds. The summed E-state index contributed by atoms with van der Waals surface area (Å²) in [5.74, 6) is 0.782. The van der Waals surface area contributed by atoms with Crippen LogP contribution in [0.2, 0.25) is 0 Å². The van der Waals surface area contributed by atoms with Crippen LogP contribution in [0.4, 0.5) is 5.95 Å². The molecule has 0 bridgehead atoms. The van der Waals surface area contributed by atoms with E-state index >= 15 is 0 Å². The Labute approximate surface area is 128 Å². The van der Waals surface area contributed by atoms with E-state index in [0.29, 0.717) is 0 Å². The molecule has 3 aliphatic heterocycles. The smallest absolute Gasteiger partial charge is 0.225 e. The van der Waals surface area contributed by atoms with Crippen LogP contribution in [0.3, 0.4) is 0 Å². The number of piperazine rings is 1. The topological polar surface area (TPSA) is 59.9 Å². The lowest BCUT2D eigenvalue weighted by molar-refractivity contribution is 0.135. The van der Waals surface area contributed by atoms with Crippen LogP contribution in [0.15, 0.2) is 48.1 Å². The molecule has 1 aromatic heterocycles. The first-order valence-corrected chi connectivity index (χ1v) is 7.37. The number of rotatable bonds is 2. The second-order valence-electron chi connectivity index (χ2n) is 5.19. The lowest BCUT2D eigenvalue weighted by Gasteiger charge is -2.31.